The number of aromatic amines is 1. The second kappa shape index (κ2) is 6.59. The van der Waals surface area contributed by atoms with Crippen LogP contribution in [-0.4, -0.2) is 16.6 Å². The second-order valence-corrected chi connectivity index (χ2v) is 7.52. The molecule has 4 aromatic rings. The molecule has 2 aromatic carbocycles. The molecule has 0 aliphatic carbocycles. The van der Waals surface area contributed by atoms with Gasteiger partial charge in [0, 0.05) is 21.9 Å². The summed E-state index contributed by atoms with van der Waals surface area (Å²) in [6.45, 7) is 2.83. The van der Waals surface area contributed by atoms with Crippen LogP contribution in [0, 0.1) is 0 Å². The second-order valence-electron chi connectivity index (χ2n) is 6.60. The fourth-order valence-electron chi connectivity index (χ4n) is 3.52. The summed E-state index contributed by atoms with van der Waals surface area (Å²) in [4.78, 5) is 15.2. The van der Waals surface area contributed by atoms with Crippen LogP contribution in [0.15, 0.2) is 52.6 Å². The first-order valence-electron chi connectivity index (χ1n) is 8.65. The van der Waals surface area contributed by atoms with Gasteiger partial charge in [-0.05, 0) is 53.6 Å². The van der Waals surface area contributed by atoms with Gasteiger partial charge in [-0.3, -0.25) is 4.79 Å². The third kappa shape index (κ3) is 2.69. The molecule has 0 aliphatic heterocycles. The number of phenols is 1. The molecule has 4 nitrogen and oxygen atoms in total. The zero-order valence-electron chi connectivity index (χ0n) is 14.5. The van der Waals surface area contributed by atoms with Gasteiger partial charge in [-0.15, -0.1) is 11.3 Å². The van der Waals surface area contributed by atoms with Crippen LogP contribution in [0.25, 0.3) is 32.1 Å². The SMILES string of the molecule is CC(CCN)c1ccc(-c2c(O)ccc3[nH]c(=O)c4sccc4c23)cc1. The monoisotopic (exact) mass is 364 g/mol. The van der Waals surface area contributed by atoms with Gasteiger partial charge in [0.25, 0.3) is 5.56 Å². The summed E-state index contributed by atoms with van der Waals surface area (Å²) in [6, 6.07) is 13.6. The Morgan fingerprint density at radius 1 is 1.15 bits per heavy atom. The summed E-state index contributed by atoms with van der Waals surface area (Å²) in [6.07, 6.45) is 0.940. The van der Waals surface area contributed by atoms with Crippen LogP contribution in [0.5, 0.6) is 5.75 Å². The molecule has 4 N–H and O–H groups in total. The third-order valence-electron chi connectivity index (χ3n) is 4.94. The summed E-state index contributed by atoms with van der Waals surface area (Å²) >= 11 is 1.41. The van der Waals surface area contributed by atoms with E-state index in [0.29, 0.717) is 17.2 Å². The van der Waals surface area contributed by atoms with Gasteiger partial charge >= 0.3 is 0 Å². The summed E-state index contributed by atoms with van der Waals surface area (Å²) in [5, 5.41) is 14.2. The van der Waals surface area contributed by atoms with E-state index >= 15 is 0 Å². The van der Waals surface area contributed by atoms with Gasteiger partial charge in [-0.1, -0.05) is 31.2 Å². The number of aromatic nitrogens is 1. The van der Waals surface area contributed by atoms with Gasteiger partial charge in [-0.2, -0.15) is 0 Å². The molecule has 26 heavy (non-hydrogen) atoms. The van der Waals surface area contributed by atoms with Crippen molar-refractivity contribution in [3.63, 3.8) is 0 Å². The summed E-state index contributed by atoms with van der Waals surface area (Å²) in [7, 11) is 0. The van der Waals surface area contributed by atoms with Gasteiger partial charge in [0.15, 0.2) is 0 Å². The van der Waals surface area contributed by atoms with E-state index in [-0.39, 0.29) is 11.3 Å². The average molecular weight is 364 g/mol. The number of H-pyrrole nitrogens is 1. The Labute approximate surface area is 154 Å². The van der Waals surface area contributed by atoms with Gasteiger partial charge in [-0.25, -0.2) is 0 Å². The number of pyridine rings is 1. The largest absolute Gasteiger partial charge is 0.507 e. The molecule has 4 rings (SSSR count). The number of hydrogen-bond acceptors (Lipinski definition) is 4. The van der Waals surface area contributed by atoms with Crippen molar-refractivity contribution in [1.29, 1.82) is 0 Å². The van der Waals surface area contributed by atoms with Crippen molar-refractivity contribution >= 4 is 32.3 Å². The Morgan fingerprint density at radius 2 is 1.92 bits per heavy atom. The number of aromatic hydroxyl groups is 1. The van der Waals surface area contributed by atoms with Crippen molar-refractivity contribution < 1.29 is 5.11 Å². The van der Waals surface area contributed by atoms with Crippen molar-refractivity contribution in [2.75, 3.05) is 6.54 Å². The van der Waals surface area contributed by atoms with E-state index in [4.69, 9.17) is 5.73 Å². The first-order chi connectivity index (χ1) is 12.6. The lowest BCUT2D eigenvalue weighted by Gasteiger charge is -2.14. The minimum Gasteiger partial charge on any atom is -0.507 e. The molecule has 0 fully saturated rings. The Hall–Kier alpha value is -2.63. The molecule has 132 valence electrons. The fraction of sp³-hybridized carbons (Fsp3) is 0.190. The van der Waals surface area contributed by atoms with E-state index in [2.05, 4.69) is 24.0 Å². The predicted molar refractivity (Wildman–Crippen MR) is 109 cm³/mol. The quantitative estimate of drug-likeness (QED) is 0.496. The maximum absolute atomic E-state index is 12.2. The van der Waals surface area contributed by atoms with Gasteiger partial charge in [0.05, 0.1) is 0 Å². The zero-order valence-corrected chi connectivity index (χ0v) is 15.3. The lowest BCUT2D eigenvalue weighted by Crippen LogP contribution is -2.05. The van der Waals surface area contributed by atoms with Crippen LogP contribution >= 0.6 is 11.3 Å². The fourth-order valence-corrected chi connectivity index (χ4v) is 4.32. The number of thiophene rings is 1. The Morgan fingerprint density at radius 3 is 2.65 bits per heavy atom. The molecule has 0 saturated heterocycles. The number of phenolic OH excluding ortho intramolecular Hbond substituents is 1. The highest BCUT2D eigenvalue weighted by molar-refractivity contribution is 7.17. The lowest BCUT2D eigenvalue weighted by molar-refractivity contribution is 0.478. The number of nitrogens with two attached hydrogens (primary N) is 1. The maximum atomic E-state index is 12.2. The van der Waals surface area contributed by atoms with E-state index in [9.17, 15) is 9.90 Å². The van der Waals surface area contributed by atoms with E-state index < -0.39 is 0 Å². The summed E-state index contributed by atoms with van der Waals surface area (Å²) < 4.78 is 0.678. The minimum absolute atomic E-state index is 0.0925. The number of hydrogen-bond donors (Lipinski definition) is 3. The van der Waals surface area contributed by atoms with E-state index in [1.807, 2.05) is 23.6 Å². The van der Waals surface area contributed by atoms with Crippen molar-refractivity contribution in [3.05, 3.63) is 63.8 Å². The Balaban J connectivity index is 1.95. The highest BCUT2D eigenvalue weighted by Gasteiger charge is 2.15. The van der Waals surface area contributed by atoms with Crippen molar-refractivity contribution in [1.82, 2.24) is 4.98 Å². The molecule has 0 spiro atoms. The molecular formula is C21H20N2O2S. The highest BCUT2D eigenvalue weighted by atomic mass is 32.1. The molecule has 0 amide bonds. The summed E-state index contributed by atoms with van der Waals surface area (Å²) in [5.41, 5.74) is 9.21. The normalized spacial score (nSPS) is 12.7. The highest BCUT2D eigenvalue weighted by Crippen LogP contribution is 2.39. The minimum atomic E-state index is -0.0925. The molecule has 1 unspecified atom stereocenters. The molecule has 5 heteroatoms. The maximum Gasteiger partial charge on any atom is 0.266 e. The van der Waals surface area contributed by atoms with E-state index in [0.717, 1.165) is 33.8 Å². The number of rotatable bonds is 4. The number of benzene rings is 2. The van der Waals surface area contributed by atoms with E-state index in [1.54, 1.807) is 12.1 Å². The Kier molecular flexibility index (Phi) is 4.26. The zero-order chi connectivity index (χ0) is 18.3. The van der Waals surface area contributed by atoms with Crippen LogP contribution in [0.1, 0.15) is 24.8 Å². The topological polar surface area (TPSA) is 79.1 Å². The molecule has 2 aromatic heterocycles. The molecule has 1 atom stereocenters. The van der Waals surface area contributed by atoms with Crippen LogP contribution in [0.3, 0.4) is 0 Å². The molecule has 0 bridgehead atoms. The number of fused-ring (bicyclic) bond motifs is 3. The molecule has 0 saturated carbocycles. The number of nitrogens with one attached hydrogen (secondary N) is 1. The molecule has 0 aliphatic rings. The van der Waals surface area contributed by atoms with Crippen LogP contribution < -0.4 is 11.3 Å². The molecule has 0 radical (unpaired) electrons. The van der Waals surface area contributed by atoms with Crippen LogP contribution in [-0.2, 0) is 0 Å². The van der Waals surface area contributed by atoms with Crippen LogP contribution in [0.4, 0.5) is 0 Å². The van der Waals surface area contributed by atoms with Crippen LogP contribution in [0.2, 0.25) is 0 Å². The standard InChI is InChI=1S/C21H20N2O2S/c1-12(8-10-22)13-2-4-14(5-3-13)18-17(24)7-6-16-19(18)15-9-11-26-20(15)21(25)23-16/h2-7,9,11-12,24H,8,10,22H2,1H3,(H,23,25). The first kappa shape index (κ1) is 16.8. The van der Waals surface area contributed by atoms with Gasteiger partial charge < -0.3 is 15.8 Å². The van der Waals surface area contributed by atoms with E-state index in [1.165, 1.54) is 16.9 Å². The average Bonchev–Trinajstić information content (AvgIpc) is 3.13. The first-order valence-corrected chi connectivity index (χ1v) is 9.53. The summed E-state index contributed by atoms with van der Waals surface area (Å²) in [5.74, 6) is 0.606. The lowest BCUT2D eigenvalue weighted by atomic mass is 9.93. The van der Waals surface area contributed by atoms with Crippen molar-refractivity contribution in [2.45, 2.75) is 19.3 Å². The third-order valence-corrected chi connectivity index (χ3v) is 5.85. The molecular weight excluding hydrogens is 344 g/mol. The Bertz CT molecular complexity index is 1140. The van der Waals surface area contributed by atoms with Crippen molar-refractivity contribution in [3.8, 4) is 16.9 Å². The van der Waals surface area contributed by atoms with Gasteiger partial charge in [0.2, 0.25) is 0 Å². The van der Waals surface area contributed by atoms with Gasteiger partial charge in [0.1, 0.15) is 10.4 Å². The smallest absolute Gasteiger partial charge is 0.266 e. The molecule has 2 heterocycles. The predicted octanol–water partition coefficient (Wildman–Crippen LogP) is 4.57. The van der Waals surface area contributed by atoms with Crippen molar-refractivity contribution in [2.24, 2.45) is 5.73 Å².